The fourth-order valence-electron chi connectivity index (χ4n) is 2.10. The molecule has 7 nitrogen and oxygen atoms in total. The molecule has 1 amide bonds. The van der Waals surface area contributed by atoms with Crippen LogP contribution in [0, 0.1) is 5.82 Å². The van der Waals surface area contributed by atoms with Gasteiger partial charge in [-0.25, -0.2) is 14.0 Å². The monoisotopic (exact) mass is 395 g/mol. The molecule has 0 unspecified atom stereocenters. The van der Waals surface area contributed by atoms with Crippen LogP contribution < -0.4 is 10.1 Å². The number of esters is 2. The smallest absolute Gasteiger partial charge is 0.337 e. The quantitative estimate of drug-likeness (QED) is 0.756. The maximum atomic E-state index is 13.0. The summed E-state index contributed by atoms with van der Waals surface area (Å²) >= 11 is 5.82. The van der Waals surface area contributed by atoms with E-state index in [4.69, 9.17) is 16.3 Å². The molecule has 0 atom stereocenters. The lowest BCUT2D eigenvalue weighted by molar-refractivity contribution is -0.118. The van der Waals surface area contributed by atoms with Gasteiger partial charge in [-0.3, -0.25) is 4.79 Å². The third kappa shape index (κ3) is 5.42. The van der Waals surface area contributed by atoms with Crippen molar-refractivity contribution in [1.82, 2.24) is 0 Å². The van der Waals surface area contributed by atoms with E-state index < -0.39 is 30.3 Å². The topological polar surface area (TPSA) is 90.9 Å². The van der Waals surface area contributed by atoms with Crippen molar-refractivity contribution in [2.45, 2.75) is 0 Å². The molecule has 0 radical (unpaired) electrons. The molecule has 2 aromatic rings. The number of benzene rings is 2. The molecule has 27 heavy (non-hydrogen) atoms. The third-order valence-electron chi connectivity index (χ3n) is 3.31. The van der Waals surface area contributed by atoms with Crippen LogP contribution >= 0.6 is 11.6 Å². The first-order valence-electron chi connectivity index (χ1n) is 7.53. The number of methoxy groups -OCH3 is 2. The summed E-state index contributed by atoms with van der Waals surface area (Å²) in [6, 6.07) is 7.43. The Morgan fingerprint density at radius 1 is 1.00 bits per heavy atom. The molecule has 0 bridgehead atoms. The second-order valence-corrected chi connectivity index (χ2v) is 5.60. The van der Waals surface area contributed by atoms with E-state index in [0.29, 0.717) is 0 Å². The molecule has 0 aromatic heterocycles. The van der Waals surface area contributed by atoms with E-state index in [0.717, 1.165) is 12.1 Å². The Morgan fingerprint density at radius 3 is 2.11 bits per heavy atom. The van der Waals surface area contributed by atoms with Crippen LogP contribution in [0.5, 0.6) is 5.75 Å². The average Bonchev–Trinajstić information content (AvgIpc) is 2.65. The minimum atomic E-state index is -0.689. The summed E-state index contributed by atoms with van der Waals surface area (Å²) < 4.78 is 27.5. The van der Waals surface area contributed by atoms with E-state index in [-0.39, 0.29) is 27.6 Å². The van der Waals surface area contributed by atoms with Crippen molar-refractivity contribution >= 4 is 35.1 Å². The highest BCUT2D eigenvalue weighted by molar-refractivity contribution is 6.32. The molecule has 0 aliphatic heterocycles. The molecule has 0 fully saturated rings. The lowest BCUT2D eigenvalue weighted by Gasteiger charge is -2.11. The van der Waals surface area contributed by atoms with Crippen LogP contribution in [0.3, 0.4) is 0 Å². The molecule has 0 saturated heterocycles. The van der Waals surface area contributed by atoms with Gasteiger partial charge in [0.15, 0.2) is 6.61 Å². The minimum Gasteiger partial charge on any atom is -0.482 e. The Bertz CT molecular complexity index is 852. The van der Waals surface area contributed by atoms with E-state index in [1.807, 2.05) is 0 Å². The lowest BCUT2D eigenvalue weighted by atomic mass is 10.1. The normalized spacial score (nSPS) is 10.1. The van der Waals surface area contributed by atoms with Gasteiger partial charge in [0.05, 0.1) is 30.4 Å². The summed E-state index contributed by atoms with van der Waals surface area (Å²) in [5, 5.41) is 2.50. The van der Waals surface area contributed by atoms with Gasteiger partial charge in [0, 0.05) is 5.69 Å². The number of carbonyl (C=O) groups is 3. The Hall–Kier alpha value is -3.13. The van der Waals surface area contributed by atoms with Crippen molar-refractivity contribution in [3.05, 3.63) is 58.4 Å². The van der Waals surface area contributed by atoms with Crippen LogP contribution in [-0.2, 0) is 14.3 Å². The van der Waals surface area contributed by atoms with Crippen molar-refractivity contribution < 1.29 is 33.0 Å². The van der Waals surface area contributed by atoms with Gasteiger partial charge in [0.25, 0.3) is 5.91 Å². The molecule has 0 spiro atoms. The molecular formula is C18H15ClFNO6. The Balaban J connectivity index is 2.13. The fraction of sp³-hybridized carbons (Fsp3) is 0.167. The molecular weight excluding hydrogens is 381 g/mol. The van der Waals surface area contributed by atoms with Gasteiger partial charge in [-0.15, -0.1) is 0 Å². The number of ether oxygens (including phenoxy) is 3. The zero-order valence-electron chi connectivity index (χ0n) is 14.4. The number of anilines is 1. The summed E-state index contributed by atoms with van der Waals surface area (Å²) in [4.78, 5) is 35.5. The van der Waals surface area contributed by atoms with Gasteiger partial charge in [0.1, 0.15) is 11.6 Å². The Morgan fingerprint density at radius 2 is 1.59 bits per heavy atom. The second-order valence-electron chi connectivity index (χ2n) is 5.19. The van der Waals surface area contributed by atoms with Gasteiger partial charge in [0.2, 0.25) is 0 Å². The molecule has 0 saturated carbocycles. The van der Waals surface area contributed by atoms with Gasteiger partial charge >= 0.3 is 11.9 Å². The molecule has 9 heteroatoms. The predicted octanol–water partition coefficient (Wildman–Crippen LogP) is 3.07. The second kappa shape index (κ2) is 9.00. The van der Waals surface area contributed by atoms with Gasteiger partial charge in [-0.05, 0) is 36.4 Å². The minimum absolute atomic E-state index is 0.0171. The van der Waals surface area contributed by atoms with E-state index in [1.54, 1.807) is 0 Å². The maximum absolute atomic E-state index is 13.0. The van der Waals surface area contributed by atoms with E-state index >= 15 is 0 Å². The summed E-state index contributed by atoms with van der Waals surface area (Å²) in [5.41, 5.74) is 0.272. The SMILES string of the molecule is COC(=O)c1cc(NC(=O)COc2ccc(F)cc2Cl)cc(C(=O)OC)c1. The highest BCUT2D eigenvalue weighted by Crippen LogP contribution is 2.25. The number of hydrogen-bond donors (Lipinski definition) is 1. The summed E-state index contributed by atoms with van der Waals surface area (Å²) in [6.45, 7) is -0.429. The standard InChI is InChI=1S/C18H15ClFNO6/c1-25-17(23)10-5-11(18(24)26-2)7-13(6-10)21-16(22)9-27-15-4-3-12(20)8-14(15)19/h3-8H,9H2,1-2H3,(H,21,22). The van der Waals surface area contributed by atoms with Crippen molar-refractivity contribution in [3.8, 4) is 5.75 Å². The highest BCUT2D eigenvalue weighted by Gasteiger charge is 2.15. The van der Waals surface area contributed by atoms with Gasteiger partial charge in [-0.1, -0.05) is 11.6 Å². The average molecular weight is 396 g/mol. The molecule has 0 aliphatic carbocycles. The number of hydrogen-bond acceptors (Lipinski definition) is 6. The number of nitrogens with one attached hydrogen (secondary N) is 1. The van der Waals surface area contributed by atoms with Crippen LogP contribution in [0.2, 0.25) is 5.02 Å². The first-order valence-corrected chi connectivity index (χ1v) is 7.91. The highest BCUT2D eigenvalue weighted by atomic mass is 35.5. The number of amides is 1. The predicted molar refractivity (Wildman–Crippen MR) is 94.7 cm³/mol. The largest absolute Gasteiger partial charge is 0.482 e. The van der Waals surface area contributed by atoms with E-state index in [9.17, 15) is 18.8 Å². The summed E-state index contributed by atoms with van der Waals surface area (Å²) in [7, 11) is 2.37. The molecule has 2 aromatic carbocycles. The Kier molecular flexibility index (Phi) is 6.73. The van der Waals surface area contributed by atoms with Crippen LogP contribution in [-0.4, -0.2) is 38.7 Å². The van der Waals surface area contributed by atoms with Crippen LogP contribution in [0.1, 0.15) is 20.7 Å². The first-order chi connectivity index (χ1) is 12.8. The third-order valence-corrected chi connectivity index (χ3v) is 3.61. The number of halogens is 2. The first kappa shape index (κ1) is 20.2. The van der Waals surface area contributed by atoms with Gasteiger partial charge < -0.3 is 19.5 Å². The van der Waals surface area contributed by atoms with Crippen molar-refractivity contribution in [2.75, 3.05) is 26.1 Å². The number of rotatable bonds is 6. The summed E-state index contributed by atoms with van der Waals surface area (Å²) in [5.74, 6) is -2.37. The fourth-order valence-corrected chi connectivity index (χ4v) is 2.33. The van der Waals surface area contributed by atoms with Crippen molar-refractivity contribution in [1.29, 1.82) is 0 Å². The number of carbonyl (C=O) groups excluding carboxylic acids is 3. The van der Waals surface area contributed by atoms with Crippen LogP contribution in [0.25, 0.3) is 0 Å². The van der Waals surface area contributed by atoms with Crippen LogP contribution in [0.15, 0.2) is 36.4 Å². The van der Waals surface area contributed by atoms with Crippen molar-refractivity contribution in [2.24, 2.45) is 0 Å². The molecule has 0 heterocycles. The zero-order chi connectivity index (χ0) is 20.0. The van der Waals surface area contributed by atoms with Crippen molar-refractivity contribution in [3.63, 3.8) is 0 Å². The molecule has 2 rings (SSSR count). The molecule has 1 N–H and O–H groups in total. The van der Waals surface area contributed by atoms with Crippen LogP contribution in [0.4, 0.5) is 10.1 Å². The molecule has 0 aliphatic rings. The maximum Gasteiger partial charge on any atom is 0.337 e. The van der Waals surface area contributed by atoms with Gasteiger partial charge in [-0.2, -0.15) is 0 Å². The lowest BCUT2D eigenvalue weighted by Crippen LogP contribution is -2.21. The van der Waals surface area contributed by atoms with E-state index in [2.05, 4.69) is 14.8 Å². The zero-order valence-corrected chi connectivity index (χ0v) is 15.1. The van der Waals surface area contributed by atoms with E-state index in [1.165, 1.54) is 38.5 Å². The summed E-state index contributed by atoms with van der Waals surface area (Å²) in [6.07, 6.45) is 0. The Labute approximate surface area is 159 Å². The molecule has 142 valence electrons.